The van der Waals surface area contributed by atoms with E-state index in [0.717, 1.165) is 46.9 Å². The number of carbonyl (C=O) groups excluding carboxylic acids is 1. The second kappa shape index (κ2) is 11.4. The molecular weight excluding hydrogens is 502 g/mol. The van der Waals surface area contributed by atoms with Crippen LogP contribution in [0.5, 0.6) is 0 Å². The fourth-order valence-electron chi connectivity index (χ4n) is 6.28. The molecule has 41 heavy (non-hydrogen) atoms. The molecule has 4 nitrogen and oxygen atoms in total. The third kappa shape index (κ3) is 5.26. The minimum atomic E-state index is 0.138. The number of nitrogens with zero attached hydrogens (tertiary/aromatic N) is 1. The summed E-state index contributed by atoms with van der Waals surface area (Å²) in [6, 6.07) is 28.4. The molecule has 3 N–H and O–H groups in total. The number of carbonyl (C=O) groups is 1. The molecule has 0 radical (unpaired) electrons. The van der Waals surface area contributed by atoms with Crippen LogP contribution in [0.25, 0.3) is 11.6 Å². The van der Waals surface area contributed by atoms with Crippen LogP contribution in [-0.4, -0.2) is 12.0 Å². The average Bonchev–Trinajstić information content (AvgIpc) is 3.26. The molecule has 4 heteroatoms. The standard InChI is InChI=1S/C28H27NO.C9H8N2/c1-17(2)21-13-16-26(28(30)19-7-10-20(29)11-8-19)25-15-14-23-22-6-4-3-5-18(22)9-12-24(23)27(21)25;1-2-4-9-8(3-1)7-10-5-6-11-9/h3-11,14-15,17,21H,12-13,16,29H2,1-2H3;1-7,11H. The van der Waals surface area contributed by atoms with Crippen LogP contribution in [0, 0.1) is 16.4 Å². The van der Waals surface area contributed by atoms with Crippen LogP contribution < -0.4 is 21.5 Å². The van der Waals surface area contributed by atoms with Crippen molar-refractivity contribution in [2.45, 2.75) is 39.0 Å². The van der Waals surface area contributed by atoms with Gasteiger partial charge >= 0.3 is 0 Å². The van der Waals surface area contributed by atoms with Crippen LogP contribution in [0.3, 0.4) is 0 Å². The summed E-state index contributed by atoms with van der Waals surface area (Å²) < 4.78 is 0. The fraction of sp³-hybridized carbons (Fsp3) is 0.189. The summed E-state index contributed by atoms with van der Waals surface area (Å²) in [5, 5.41) is 8.23. The van der Waals surface area contributed by atoms with Gasteiger partial charge in [0.15, 0.2) is 5.78 Å². The van der Waals surface area contributed by atoms with Crippen molar-refractivity contribution in [2.24, 2.45) is 10.9 Å². The lowest BCUT2D eigenvalue weighted by Gasteiger charge is -2.30. The fourth-order valence-corrected chi connectivity index (χ4v) is 6.28. The van der Waals surface area contributed by atoms with Crippen LogP contribution in [-0.2, 0) is 6.42 Å². The topological polar surface area (TPSA) is 67.5 Å². The zero-order chi connectivity index (χ0) is 28.3. The maximum atomic E-state index is 13.4. The largest absolute Gasteiger partial charge is 0.399 e. The Kier molecular flexibility index (Phi) is 7.39. The van der Waals surface area contributed by atoms with Gasteiger partial charge in [-0.3, -0.25) is 9.79 Å². The van der Waals surface area contributed by atoms with Crippen molar-refractivity contribution < 1.29 is 4.79 Å². The second-order valence-electron chi connectivity index (χ2n) is 11.2. The maximum Gasteiger partial charge on any atom is 0.189 e. The molecule has 1 atom stereocenters. The van der Waals surface area contributed by atoms with Crippen LogP contribution in [0.2, 0.25) is 0 Å². The number of anilines is 2. The number of aliphatic imine (C=N–C) groups is 1. The molecule has 1 aliphatic heterocycles. The summed E-state index contributed by atoms with van der Waals surface area (Å²) in [7, 11) is 0. The summed E-state index contributed by atoms with van der Waals surface area (Å²) in [5.74, 6) is 1.16. The molecule has 1 unspecified atom stereocenters. The third-order valence-corrected chi connectivity index (χ3v) is 8.36. The molecule has 204 valence electrons. The Balaban J connectivity index is 0.000000229. The van der Waals surface area contributed by atoms with Gasteiger partial charge in [0.2, 0.25) is 0 Å². The van der Waals surface area contributed by atoms with Crippen molar-refractivity contribution in [3.8, 4) is 0 Å². The minimum absolute atomic E-state index is 0.138. The summed E-state index contributed by atoms with van der Waals surface area (Å²) in [5.41, 5.74) is 13.2. The zero-order valence-corrected chi connectivity index (χ0v) is 23.6. The summed E-state index contributed by atoms with van der Waals surface area (Å²) >= 11 is 0. The summed E-state index contributed by atoms with van der Waals surface area (Å²) in [6.45, 7) is 4.61. The number of para-hydroxylation sites is 1. The van der Waals surface area contributed by atoms with E-state index >= 15 is 0 Å². The summed E-state index contributed by atoms with van der Waals surface area (Å²) in [4.78, 5) is 17.5. The SMILES string of the molecule is C1=CNc2ccccc2C=N1.CC(C)C1CCC(C(=O)c2ccc(N)cc2)=c2ccc3c(c21)CC=c1ccccc1=3. The number of rotatable bonds is 3. The first-order valence-electron chi connectivity index (χ1n) is 14.4. The van der Waals surface area contributed by atoms with Crippen LogP contribution in [0.15, 0.2) is 102 Å². The molecule has 7 rings (SSSR count). The van der Waals surface area contributed by atoms with Crippen molar-refractivity contribution in [2.75, 3.05) is 11.1 Å². The lowest BCUT2D eigenvalue weighted by Crippen LogP contribution is -2.30. The monoisotopic (exact) mass is 537 g/mol. The second-order valence-corrected chi connectivity index (χ2v) is 11.2. The molecule has 2 aliphatic carbocycles. The van der Waals surface area contributed by atoms with Crippen LogP contribution in [0.4, 0.5) is 11.4 Å². The highest BCUT2D eigenvalue weighted by atomic mass is 16.1. The highest BCUT2D eigenvalue weighted by Gasteiger charge is 2.28. The van der Waals surface area contributed by atoms with Gasteiger partial charge in [-0.25, -0.2) is 0 Å². The number of hydrogen-bond donors (Lipinski definition) is 2. The molecule has 4 aromatic rings. The first kappa shape index (κ1) is 26.5. The molecule has 0 aromatic heterocycles. The number of ketones is 1. The van der Waals surface area contributed by atoms with Gasteiger partial charge in [0, 0.05) is 46.7 Å². The van der Waals surface area contributed by atoms with Gasteiger partial charge < -0.3 is 11.1 Å². The first-order chi connectivity index (χ1) is 20.0. The van der Waals surface area contributed by atoms with Crippen molar-refractivity contribution in [1.82, 2.24) is 0 Å². The predicted molar refractivity (Wildman–Crippen MR) is 170 cm³/mol. The van der Waals surface area contributed by atoms with Crippen molar-refractivity contribution in [1.29, 1.82) is 0 Å². The van der Waals surface area contributed by atoms with E-state index in [-0.39, 0.29) is 5.78 Å². The van der Waals surface area contributed by atoms with E-state index in [2.05, 4.69) is 66.6 Å². The Morgan fingerprint density at radius 2 is 1.66 bits per heavy atom. The highest BCUT2D eigenvalue weighted by Crippen LogP contribution is 2.36. The van der Waals surface area contributed by atoms with E-state index in [0.29, 0.717) is 17.5 Å². The predicted octanol–water partition coefficient (Wildman–Crippen LogP) is 6.46. The van der Waals surface area contributed by atoms with Crippen molar-refractivity contribution in [3.63, 3.8) is 0 Å². The Morgan fingerprint density at radius 3 is 2.49 bits per heavy atom. The van der Waals surface area contributed by atoms with E-state index < -0.39 is 0 Å². The van der Waals surface area contributed by atoms with E-state index in [9.17, 15) is 4.79 Å². The molecule has 0 bridgehead atoms. The Morgan fingerprint density at radius 1 is 0.902 bits per heavy atom. The Bertz CT molecular complexity index is 1900. The average molecular weight is 538 g/mol. The van der Waals surface area contributed by atoms with Gasteiger partial charge in [-0.1, -0.05) is 74.5 Å². The number of nitrogen functional groups attached to an aromatic ring is 1. The molecule has 1 heterocycles. The van der Waals surface area contributed by atoms with E-state index in [1.165, 1.54) is 26.8 Å². The molecular formula is C37H35N3O. The molecule has 0 amide bonds. The quantitative estimate of drug-likeness (QED) is 0.233. The molecule has 3 aliphatic rings. The number of Topliss-reactive ketones (excluding diaryl/α,β-unsaturated/α-hetero) is 1. The van der Waals surface area contributed by atoms with Gasteiger partial charge in [-0.05, 0) is 93.4 Å². The molecule has 0 saturated heterocycles. The summed E-state index contributed by atoms with van der Waals surface area (Å²) in [6.07, 6.45) is 10.5. The number of nitrogens with one attached hydrogen (secondary N) is 1. The lowest BCUT2D eigenvalue weighted by molar-refractivity contribution is 0.105. The highest BCUT2D eigenvalue weighted by molar-refractivity contribution is 6.24. The number of fused-ring (bicyclic) bond motifs is 5. The van der Waals surface area contributed by atoms with E-state index in [1.54, 1.807) is 6.20 Å². The van der Waals surface area contributed by atoms with Crippen molar-refractivity contribution in [3.05, 3.63) is 140 Å². The normalized spacial score (nSPS) is 16.1. The van der Waals surface area contributed by atoms with E-state index in [4.69, 9.17) is 5.73 Å². The van der Waals surface area contributed by atoms with E-state index in [1.807, 2.05) is 60.9 Å². The minimum Gasteiger partial charge on any atom is -0.399 e. The Labute approximate surface area is 241 Å². The van der Waals surface area contributed by atoms with Crippen LogP contribution >= 0.6 is 0 Å². The molecule has 4 aromatic carbocycles. The van der Waals surface area contributed by atoms with Crippen molar-refractivity contribution >= 4 is 35.0 Å². The van der Waals surface area contributed by atoms with Gasteiger partial charge in [-0.15, -0.1) is 0 Å². The van der Waals surface area contributed by atoms with Gasteiger partial charge in [-0.2, -0.15) is 0 Å². The lowest BCUT2D eigenvalue weighted by atomic mass is 9.73. The Hall–Kier alpha value is -4.70. The molecule has 0 fully saturated rings. The van der Waals surface area contributed by atoms with Gasteiger partial charge in [0.05, 0.1) is 0 Å². The smallest absolute Gasteiger partial charge is 0.189 e. The van der Waals surface area contributed by atoms with Gasteiger partial charge in [0.25, 0.3) is 0 Å². The third-order valence-electron chi connectivity index (χ3n) is 8.36. The molecule has 0 saturated carbocycles. The number of hydrogen-bond acceptors (Lipinski definition) is 4. The van der Waals surface area contributed by atoms with Gasteiger partial charge in [0.1, 0.15) is 0 Å². The molecule has 0 spiro atoms. The van der Waals surface area contributed by atoms with Crippen LogP contribution in [0.1, 0.15) is 59.7 Å². The zero-order valence-electron chi connectivity index (χ0n) is 23.6. The first-order valence-corrected chi connectivity index (χ1v) is 14.4. The number of nitrogens with two attached hydrogens (primary N) is 1. The maximum absolute atomic E-state index is 13.4. The number of benzene rings is 4.